The highest BCUT2D eigenvalue weighted by molar-refractivity contribution is 6.27. The van der Waals surface area contributed by atoms with E-state index in [4.69, 9.17) is 38.7 Å². The lowest BCUT2D eigenvalue weighted by Crippen LogP contribution is -2.50. The molecule has 0 saturated carbocycles. The molecule has 3 rings (SSSR count). The zero-order chi connectivity index (χ0) is 26.2. The van der Waals surface area contributed by atoms with Crippen LogP contribution in [0.5, 0.6) is 17.2 Å². The summed E-state index contributed by atoms with van der Waals surface area (Å²) in [6.07, 6.45) is 4.84. The summed E-state index contributed by atoms with van der Waals surface area (Å²) in [6.45, 7) is 6.53. The first-order valence-electron chi connectivity index (χ1n) is 12.2. The van der Waals surface area contributed by atoms with Gasteiger partial charge in [-0.05, 0) is 55.8 Å². The molecular weight excluding hydrogens is 466 g/mol. The lowest BCUT2D eigenvalue weighted by molar-refractivity contribution is -0.159. The smallest absolute Gasteiger partial charge is 0.414 e. The summed E-state index contributed by atoms with van der Waals surface area (Å²) in [6, 6.07) is 17.6. The number of nitrogens with zero attached hydrogens (tertiary/aromatic N) is 1. The molecule has 2 aromatic rings. The predicted octanol–water partition coefficient (Wildman–Crippen LogP) is 4.31. The number of carbonyl (C=O) groups is 2. The van der Waals surface area contributed by atoms with Crippen molar-refractivity contribution in [2.24, 2.45) is 0 Å². The average Bonchev–Trinajstić information content (AvgIpc) is 2.88. The molecule has 2 aromatic carbocycles. The number of carboxylic acids is 2. The fourth-order valence-corrected chi connectivity index (χ4v) is 3.71. The van der Waals surface area contributed by atoms with Crippen LogP contribution in [0.15, 0.2) is 54.6 Å². The molecule has 0 spiro atoms. The molecule has 9 heteroatoms. The van der Waals surface area contributed by atoms with Crippen LogP contribution in [0.4, 0.5) is 0 Å². The van der Waals surface area contributed by atoms with Gasteiger partial charge < -0.3 is 34.1 Å². The summed E-state index contributed by atoms with van der Waals surface area (Å²) in [7, 11) is 1.70. The van der Waals surface area contributed by atoms with Crippen LogP contribution >= 0.6 is 0 Å². The number of aliphatic carboxylic acids is 2. The number of hydrogen-bond donors (Lipinski definition) is 2. The lowest BCUT2D eigenvalue weighted by Gasteiger charge is -2.38. The van der Waals surface area contributed by atoms with Gasteiger partial charge in [0.15, 0.2) is 0 Å². The third-order valence-corrected chi connectivity index (χ3v) is 5.55. The number of carboxylic acid groups (broad SMARTS) is 2. The number of rotatable bonds is 12. The number of methoxy groups -OCH3 is 1. The van der Waals surface area contributed by atoms with Crippen LogP contribution in [0.3, 0.4) is 0 Å². The van der Waals surface area contributed by atoms with E-state index in [-0.39, 0.29) is 12.2 Å². The van der Waals surface area contributed by atoms with E-state index in [1.165, 1.54) is 19.3 Å². The molecule has 1 aliphatic heterocycles. The molecule has 2 atom stereocenters. The van der Waals surface area contributed by atoms with Gasteiger partial charge in [-0.1, -0.05) is 38.0 Å². The van der Waals surface area contributed by atoms with Crippen molar-refractivity contribution in [1.29, 1.82) is 0 Å². The average molecular weight is 504 g/mol. The number of hydrogen-bond acceptors (Lipinski definition) is 7. The first-order valence-corrected chi connectivity index (χ1v) is 12.2. The number of para-hydroxylation sites is 1. The molecule has 9 nitrogen and oxygen atoms in total. The van der Waals surface area contributed by atoms with E-state index in [0.29, 0.717) is 13.2 Å². The maximum absolute atomic E-state index is 9.10. The van der Waals surface area contributed by atoms with Gasteiger partial charge in [-0.2, -0.15) is 0 Å². The quantitative estimate of drug-likeness (QED) is 0.323. The topological polar surface area (TPSA) is 115 Å². The molecule has 1 saturated heterocycles. The number of piperidine rings is 1. The minimum absolute atomic E-state index is 0.0465. The standard InChI is InChI=1S/C25H35NO4.C2H2O4/c1-3-4-8-16-26-17-15-24(25(20-26)28-19-18-27-2)30-23-13-11-22(12-14-23)29-21-9-6-5-7-10-21;3-1(4)2(5)6/h5-7,9-14,24-25H,3-4,8,15-20H2,1-2H3;(H,3,4)(H,5,6)/t24-,25-;/m1./s1. The Labute approximate surface area is 212 Å². The molecule has 1 fully saturated rings. The van der Waals surface area contributed by atoms with Crippen LogP contribution < -0.4 is 9.47 Å². The van der Waals surface area contributed by atoms with Crippen molar-refractivity contribution >= 4 is 11.9 Å². The molecule has 1 aliphatic rings. The zero-order valence-corrected chi connectivity index (χ0v) is 21.0. The van der Waals surface area contributed by atoms with E-state index in [9.17, 15) is 0 Å². The Morgan fingerprint density at radius 3 is 2.14 bits per heavy atom. The molecule has 0 aromatic heterocycles. The number of benzene rings is 2. The second-order valence-corrected chi connectivity index (χ2v) is 8.35. The third kappa shape index (κ3) is 11.1. The van der Waals surface area contributed by atoms with Crippen molar-refractivity contribution in [2.75, 3.05) is 40.0 Å². The summed E-state index contributed by atoms with van der Waals surface area (Å²) in [5.41, 5.74) is 0. The van der Waals surface area contributed by atoms with Crippen molar-refractivity contribution in [3.05, 3.63) is 54.6 Å². The van der Waals surface area contributed by atoms with E-state index in [0.717, 1.165) is 43.3 Å². The number of unbranched alkanes of at least 4 members (excludes halogenated alkanes) is 2. The first-order chi connectivity index (χ1) is 17.4. The lowest BCUT2D eigenvalue weighted by atomic mass is 10.0. The Hall–Kier alpha value is -3.14. The van der Waals surface area contributed by atoms with E-state index in [1.54, 1.807) is 7.11 Å². The fourth-order valence-electron chi connectivity index (χ4n) is 3.71. The predicted molar refractivity (Wildman–Crippen MR) is 135 cm³/mol. The normalized spacial score (nSPS) is 17.5. The Bertz CT molecular complexity index is 878. The minimum Gasteiger partial charge on any atom is -0.488 e. The van der Waals surface area contributed by atoms with Crippen LogP contribution in [0.2, 0.25) is 0 Å². The van der Waals surface area contributed by atoms with Gasteiger partial charge in [-0.25, -0.2) is 9.59 Å². The monoisotopic (exact) mass is 503 g/mol. The second-order valence-electron chi connectivity index (χ2n) is 8.35. The van der Waals surface area contributed by atoms with Gasteiger partial charge in [-0.3, -0.25) is 0 Å². The van der Waals surface area contributed by atoms with E-state index >= 15 is 0 Å². The first kappa shape index (κ1) is 29.1. The van der Waals surface area contributed by atoms with Crippen molar-refractivity contribution in [1.82, 2.24) is 4.90 Å². The molecule has 2 N–H and O–H groups in total. The van der Waals surface area contributed by atoms with Crippen molar-refractivity contribution in [3.63, 3.8) is 0 Å². The van der Waals surface area contributed by atoms with Gasteiger partial charge in [0.2, 0.25) is 0 Å². The maximum atomic E-state index is 9.10. The minimum atomic E-state index is -1.82. The highest BCUT2D eigenvalue weighted by atomic mass is 16.6. The second kappa shape index (κ2) is 16.5. The fraction of sp³-hybridized carbons (Fsp3) is 0.481. The molecular formula is C27H37NO8. The Kier molecular flexibility index (Phi) is 13.3. The SMILES string of the molecule is CCCCCN1CC[C@@H](Oc2ccc(Oc3ccccc3)cc2)[C@H](OCCOC)C1.O=C(O)C(=O)O. The van der Waals surface area contributed by atoms with Crippen LogP contribution in [0, 0.1) is 0 Å². The maximum Gasteiger partial charge on any atom is 0.414 e. The van der Waals surface area contributed by atoms with Gasteiger partial charge in [-0.15, -0.1) is 0 Å². The molecule has 0 aliphatic carbocycles. The van der Waals surface area contributed by atoms with Crippen molar-refractivity contribution < 1.29 is 38.7 Å². The van der Waals surface area contributed by atoms with E-state index in [1.807, 2.05) is 54.6 Å². The van der Waals surface area contributed by atoms with E-state index < -0.39 is 11.9 Å². The molecule has 0 unspecified atom stereocenters. The van der Waals surface area contributed by atoms with Crippen LogP contribution in [0.25, 0.3) is 0 Å². The zero-order valence-electron chi connectivity index (χ0n) is 21.0. The molecule has 0 bridgehead atoms. The van der Waals surface area contributed by atoms with Gasteiger partial charge >= 0.3 is 11.9 Å². The summed E-state index contributed by atoms with van der Waals surface area (Å²) in [5, 5.41) is 14.8. The molecule has 198 valence electrons. The Morgan fingerprint density at radius 1 is 0.889 bits per heavy atom. The Morgan fingerprint density at radius 2 is 1.53 bits per heavy atom. The number of ether oxygens (including phenoxy) is 4. The highest BCUT2D eigenvalue weighted by Gasteiger charge is 2.31. The van der Waals surface area contributed by atoms with Crippen LogP contribution in [-0.4, -0.2) is 79.2 Å². The molecule has 0 amide bonds. The number of likely N-dealkylation sites (tertiary alicyclic amines) is 1. The van der Waals surface area contributed by atoms with Gasteiger partial charge in [0, 0.05) is 20.2 Å². The Balaban J connectivity index is 0.000000678. The third-order valence-electron chi connectivity index (χ3n) is 5.55. The van der Waals surface area contributed by atoms with Crippen molar-refractivity contribution in [2.45, 2.75) is 44.8 Å². The highest BCUT2D eigenvalue weighted by Crippen LogP contribution is 2.26. The van der Waals surface area contributed by atoms with E-state index in [2.05, 4.69) is 11.8 Å². The summed E-state index contributed by atoms with van der Waals surface area (Å²) in [5.74, 6) is -1.18. The van der Waals surface area contributed by atoms with Gasteiger partial charge in [0.1, 0.15) is 29.5 Å². The van der Waals surface area contributed by atoms with Gasteiger partial charge in [0.05, 0.1) is 13.2 Å². The molecule has 0 radical (unpaired) electrons. The summed E-state index contributed by atoms with van der Waals surface area (Å²) >= 11 is 0. The summed E-state index contributed by atoms with van der Waals surface area (Å²) < 4.78 is 23.5. The van der Waals surface area contributed by atoms with Crippen molar-refractivity contribution in [3.8, 4) is 17.2 Å². The van der Waals surface area contributed by atoms with Gasteiger partial charge in [0.25, 0.3) is 0 Å². The molecule has 36 heavy (non-hydrogen) atoms. The largest absolute Gasteiger partial charge is 0.488 e. The van der Waals surface area contributed by atoms with Crippen LogP contribution in [0.1, 0.15) is 32.6 Å². The van der Waals surface area contributed by atoms with Crippen LogP contribution in [-0.2, 0) is 19.1 Å². The summed E-state index contributed by atoms with van der Waals surface area (Å²) in [4.78, 5) is 20.7. The molecule has 1 heterocycles.